The largest absolute Gasteiger partial charge is 0.464 e. The van der Waals surface area contributed by atoms with Crippen LogP contribution in [0.15, 0.2) is 16.6 Å². The van der Waals surface area contributed by atoms with Gasteiger partial charge in [0.2, 0.25) is 0 Å². The van der Waals surface area contributed by atoms with Crippen LogP contribution in [-0.2, 0) is 4.74 Å². The van der Waals surface area contributed by atoms with Crippen LogP contribution in [0.4, 0.5) is 4.39 Å². The van der Waals surface area contributed by atoms with E-state index in [0.717, 1.165) is 0 Å². The quantitative estimate of drug-likeness (QED) is 0.618. The molecule has 1 aromatic rings. The van der Waals surface area contributed by atoms with Gasteiger partial charge in [0.05, 0.1) is 5.56 Å². The molecule has 0 heterocycles. The van der Waals surface area contributed by atoms with Gasteiger partial charge in [-0.1, -0.05) is 15.9 Å². The van der Waals surface area contributed by atoms with E-state index in [1.165, 1.54) is 19.2 Å². The fourth-order valence-corrected chi connectivity index (χ4v) is 1.35. The molecule has 0 unspecified atom stereocenters. The van der Waals surface area contributed by atoms with Gasteiger partial charge in [-0.2, -0.15) is 0 Å². The molecule has 0 bridgehead atoms. The molecule has 0 aliphatic carbocycles. The molecule has 1 aromatic carbocycles. The van der Waals surface area contributed by atoms with Crippen molar-refractivity contribution in [3.63, 3.8) is 0 Å². The zero-order chi connectivity index (χ0) is 10.6. The number of benzene rings is 1. The summed E-state index contributed by atoms with van der Waals surface area (Å²) in [6.45, 7) is -0.0638. The molecule has 0 saturated carbocycles. The number of carbonyl (C=O) groups is 1. The van der Waals surface area contributed by atoms with Crippen molar-refractivity contribution in [2.24, 2.45) is 0 Å². The van der Waals surface area contributed by atoms with Gasteiger partial charge in [-0.05, 0) is 12.1 Å². The van der Waals surface area contributed by atoms with Crippen LogP contribution >= 0.6 is 15.9 Å². The van der Waals surface area contributed by atoms with Crippen LogP contribution in [0.2, 0.25) is 0 Å². The van der Waals surface area contributed by atoms with Crippen molar-refractivity contribution in [3.8, 4) is 5.75 Å². The summed E-state index contributed by atoms with van der Waals surface area (Å²) in [6, 6.07) is 2.81. The molecule has 0 radical (unpaired) electrons. The summed E-state index contributed by atoms with van der Waals surface area (Å²) in [7, 11) is 1.43. The van der Waals surface area contributed by atoms with Gasteiger partial charge in [0.25, 0.3) is 0 Å². The highest BCUT2D eigenvalue weighted by molar-refractivity contribution is 9.10. The normalized spacial score (nSPS) is 9.93. The summed E-state index contributed by atoms with van der Waals surface area (Å²) in [5.41, 5.74) is -0.0505. The van der Waals surface area contributed by atoms with E-state index in [2.05, 4.69) is 20.7 Å². The summed E-state index contributed by atoms with van der Waals surface area (Å²) in [6.07, 6.45) is 0.430. The summed E-state index contributed by atoms with van der Waals surface area (Å²) < 4.78 is 23.5. The minimum Gasteiger partial charge on any atom is -0.464 e. The molecule has 0 saturated heterocycles. The van der Waals surface area contributed by atoms with Crippen LogP contribution in [0, 0.1) is 5.82 Å². The Morgan fingerprint density at radius 2 is 2.29 bits per heavy atom. The van der Waals surface area contributed by atoms with Gasteiger partial charge in [0, 0.05) is 11.6 Å². The fourth-order valence-electron chi connectivity index (χ4n) is 0.898. The van der Waals surface area contributed by atoms with E-state index in [0.29, 0.717) is 10.8 Å². The van der Waals surface area contributed by atoms with E-state index in [-0.39, 0.29) is 18.1 Å². The zero-order valence-corrected chi connectivity index (χ0v) is 9.01. The predicted octanol–water partition coefficient (Wildman–Crippen LogP) is 2.38. The molecule has 3 nitrogen and oxygen atoms in total. The van der Waals surface area contributed by atoms with Gasteiger partial charge in [0.1, 0.15) is 0 Å². The van der Waals surface area contributed by atoms with Gasteiger partial charge in [0.15, 0.2) is 24.6 Å². The molecule has 0 N–H and O–H groups in total. The Bertz CT molecular complexity index is 341. The molecular formula is C9H8BrFO3. The van der Waals surface area contributed by atoms with Crippen LogP contribution in [0.3, 0.4) is 0 Å². The topological polar surface area (TPSA) is 35.5 Å². The summed E-state index contributed by atoms with van der Waals surface area (Å²) >= 11 is 3.13. The third-order valence-corrected chi connectivity index (χ3v) is 1.95. The molecule has 0 fully saturated rings. The number of aldehydes is 1. The first-order valence-corrected chi connectivity index (χ1v) is 4.54. The van der Waals surface area contributed by atoms with Gasteiger partial charge in [-0.3, -0.25) is 4.79 Å². The van der Waals surface area contributed by atoms with E-state index < -0.39 is 5.82 Å². The average Bonchev–Trinajstić information content (AvgIpc) is 2.18. The van der Waals surface area contributed by atoms with Crippen LogP contribution < -0.4 is 4.74 Å². The Morgan fingerprint density at radius 1 is 1.57 bits per heavy atom. The van der Waals surface area contributed by atoms with E-state index in [9.17, 15) is 9.18 Å². The first-order valence-electron chi connectivity index (χ1n) is 3.75. The third-order valence-electron chi connectivity index (χ3n) is 1.49. The third kappa shape index (κ3) is 2.52. The molecule has 0 aliphatic heterocycles. The zero-order valence-electron chi connectivity index (χ0n) is 7.42. The maximum atomic E-state index is 13.3. The molecular weight excluding hydrogens is 255 g/mol. The van der Waals surface area contributed by atoms with E-state index in [1.54, 1.807) is 0 Å². The lowest BCUT2D eigenvalue weighted by Gasteiger charge is -2.07. The Balaban J connectivity index is 3.02. The number of halogens is 2. The van der Waals surface area contributed by atoms with Crippen LogP contribution in [0.5, 0.6) is 5.75 Å². The summed E-state index contributed by atoms with van der Waals surface area (Å²) in [5, 5.41) is 0. The van der Waals surface area contributed by atoms with Crippen molar-refractivity contribution in [2.75, 3.05) is 13.9 Å². The number of ether oxygens (including phenoxy) is 2. The first-order chi connectivity index (χ1) is 6.69. The van der Waals surface area contributed by atoms with Crippen molar-refractivity contribution in [1.82, 2.24) is 0 Å². The molecule has 5 heteroatoms. The smallest absolute Gasteiger partial charge is 0.188 e. The molecule has 0 atom stereocenters. The Morgan fingerprint density at radius 3 is 2.86 bits per heavy atom. The van der Waals surface area contributed by atoms with E-state index in [1.807, 2.05) is 0 Å². The Kier molecular flexibility index (Phi) is 4.03. The van der Waals surface area contributed by atoms with Crippen molar-refractivity contribution < 1.29 is 18.7 Å². The second kappa shape index (κ2) is 5.07. The highest BCUT2D eigenvalue weighted by atomic mass is 79.9. The molecule has 0 amide bonds. The number of hydrogen-bond acceptors (Lipinski definition) is 3. The van der Waals surface area contributed by atoms with E-state index >= 15 is 0 Å². The minimum atomic E-state index is -0.680. The predicted molar refractivity (Wildman–Crippen MR) is 52.0 cm³/mol. The maximum absolute atomic E-state index is 13.3. The number of carbonyl (C=O) groups excluding carboxylic acids is 1. The second-order valence-electron chi connectivity index (χ2n) is 2.48. The lowest BCUT2D eigenvalue weighted by atomic mass is 10.2. The molecule has 0 aliphatic rings. The minimum absolute atomic E-state index is 0.0108. The highest BCUT2D eigenvalue weighted by Crippen LogP contribution is 2.25. The standard InChI is InChI=1S/C9H8BrFO3/c1-13-5-14-8-3-7(10)2-6(4-12)9(8)11/h2-4H,5H2,1H3. The first kappa shape index (κ1) is 11.1. The van der Waals surface area contributed by atoms with Gasteiger partial charge in [-0.25, -0.2) is 4.39 Å². The highest BCUT2D eigenvalue weighted by Gasteiger charge is 2.10. The molecule has 0 spiro atoms. The van der Waals surface area contributed by atoms with Crippen molar-refractivity contribution in [3.05, 3.63) is 28.0 Å². The molecule has 1 rings (SSSR count). The van der Waals surface area contributed by atoms with E-state index in [4.69, 9.17) is 4.74 Å². The molecule has 14 heavy (non-hydrogen) atoms. The fraction of sp³-hybridized carbons (Fsp3) is 0.222. The van der Waals surface area contributed by atoms with Crippen LogP contribution in [0.1, 0.15) is 10.4 Å². The SMILES string of the molecule is COCOc1cc(Br)cc(C=O)c1F. The summed E-state index contributed by atoms with van der Waals surface area (Å²) in [4.78, 5) is 10.5. The van der Waals surface area contributed by atoms with Crippen LogP contribution in [-0.4, -0.2) is 20.2 Å². The van der Waals surface area contributed by atoms with Gasteiger partial charge >= 0.3 is 0 Å². The number of rotatable bonds is 4. The maximum Gasteiger partial charge on any atom is 0.188 e. The summed E-state index contributed by atoms with van der Waals surface area (Å²) in [5.74, 6) is -0.691. The second-order valence-corrected chi connectivity index (χ2v) is 3.39. The van der Waals surface area contributed by atoms with Crippen molar-refractivity contribution >= 4 is 22.2 Å². The average molecular weight is 263 g/mol. The van der Waals surface area contributed by atoms with Crippen molar-refractivity contribution in [1.29, 1.82) is 0 Å². The Labute approximate surface area is 88.9 Å². The molecule has 76 valence electrons. The number of methoxy groups -OCH3 is 1. The lowest BCUT2D eigenvalue weighted by molar-refractivity contribution is 0.0481. The van der Waals surface area contributed by atoms with Crippen molar-refractivity contribution in [2.45, 2.75) is 0 Å². The monoisotopic (exact) mass is 262 g/mol. The Hall–Kier alpha value is -0.940. The lowest BCUT2D eigenvalue weighted by Crippen LogP contribution is -2.02. The molecule has 0 aromatic heterocycles. The van der Waals surface area contributed by atoms with Gasteiger partial charge in [-0.15, -0.1) is 0 Å². The van der Waals surface area contributed by atoms with Gasteiger partial charge < -0.3 is 9.47 Å². The van der Waals surface area contributed by atoms with Crippen LogP contribution in [0.25, 0.3) is 0 Å². The number of hydrogen-bond donors (Lipinski definition) is 0.